The molecule has 1 atom stereocenters. The zero-order valence-electron chi connectivity index (χ0n) is 13.8. The SMILES string of the molecule is CCSC1CCCCN(C(=O)C2CN(C3CCOCC3)C2)C1. The van der Waals surface area contributed by atoms with Gasteiger partial charge in [-0.2, -0.15) is 11.8 Å². The Morgan fingerprint density at radius 3 is 2.64 bits per heavy atom. The average Bonchev–Trinajstić information content (AvgIpc) is 2.73. The summed E-state index contributed by atoms with van der Waals surface area (Å²) in [7, 11) is 0. The molecule has 3 heterocycles. The third kappa shape index (κ3) is 3.98. The maximum atomic E-state index is 12.8. The van der Waals surface area contributed by atoms with E-state index in [0.717, 1.165) is 58.0 Å². The Morgan fingerprint density at radius 2 is 1.91 bits per heavy atom. The number of likely N-dealkylation sites (tertiary alicyclic amines) is 2. The number of carbonyl (C=O) groups excluding carboxylic acids is 1. The largest absolute Gasteiger partial charge is 0.381 e. The number of hydrogen-bond acceptors (Lipinski definition) is 4. The predicted molar refractivity (Wildman–Crippen MR) is 91.3 cm³/mol. The minimum absolute atomic E-state index is 0.258. The molecule has 0 saturated carbocycles. The number of carbonyl (C=O) groups is 1. The van der Waals surface area contributed by atoms with Crippen LogP contribution in [0.1, 0.15) is 39.0 Å². The van der Waals surface area contributed by atoms with Crippen LogP contribution in [0.2, 0.25) is 0 Å². The lowest BCUT2D eigenvalue weighted by Crippen LogP contribution is -2.59. The Labute approximate surface area is 138 Å². The maximum Gasteiger partial charge on any atom is 0.228 e. The molecule has 1 amide bonds. The Kier molecular flexibility index (Phi) is 6.05. The normalized spacial score (nSPS) is 29.1. The van der Waals surface area contributed by atoms with E-state index in [9.17, 15) is 4.79 Å². The molecule has 22 heavy (non-hydrogen) atoms. The van der Waals surface area contributed by atoms with Crippen molar-refractivity contribution < 1.29 is 9.53 Å². The van der Waals surface area contributed by atoms with Crippen molar-refractivity contribution in [2.24, 2.45) is 5.92 Å². The van der Waals surface area contributed by atoms with Crippen LogP contribution in [0.3, 0.4) is 0 Å². The van der Waals surface area contributed by atoms with Crippen molar-refractivity contribution in [2.75, 3.05) is 45.1 Å². The van der Waals surface area contributed by atoms with Gasteiger partial charge in [-0.1, -0.05) is 13.3 Å². The van der Waals surface area contributed by atoms with Gasteiger partial charge in [0.2, 0.25) is 5.91 Å². The van der Waals surface area contributed by atoms with Crippen LogP contribution in [0.4, 0.5) is 0 Å². The molecule has 0 aromatic carbocycles. The molecule has 3 aliphatic rings. The molecule has 3 aliphatic heterocycles. The van der Waals surface area contributed by atoms with Gasteiger partial charge in [0.15, 0.2) is 0 Å². The summed E-state index contributed by atoms with van der Waals surface area (Å²) >= 11 is 2.03. The summed E-state index contributed by atoms with van der Waals surface area (Å²) < 4.78 is 5.43. The summed E-state index contributed by atoms with van der Waals surface area (Å²) in [5.41, 5.74) is 0. The Bertz CT molecular complexity index is 368. The second-order valence-electron chi connectivity index (χ2n) is 6.85. The van der Waals surface area contributed by atoms with Crippen LogP contribution in [0.25, 0.3) is 0 Å². The van der Waals surface area contributed by atoms with Crippen LogP contribution in [-0.4, -0.2) is 72.1 Å². The van der Waals surface area contributed by atoms with E-state index in [1.807, 2.05) is 11.8 Å². The fraction of sp³-hybridized carbons (Fsp3) is 0.941. The van der Waals surface area contributed by atoms with E-state index in [2.05, 4.69) is 16.7 Å². The van der Waals surface area contributed by atoms with Crippen molar-refractivity contribution in [3.63, 3.8) is 0 Å². The van der Waals surface area contributed by atoms with Gasteiger partial charge in [-0.3, -0.25) is 9.69 Å². The molecule has 0 aromatic heterocycles. The highest BCUT2D eigenvalue weighted by Gasteiger charge is 2.39. The minimum atomic E-state index is 0.258. The topological polar surface area (TPSA) is 32.8 Å². The Hall–Kier alpha value is -0.260. The highest BCUT2D eigenvalue weighted by atomic mass is 32.2. The zero-order valence-corrected chi connectivity index (χ0v) is 14.7. The van der Waals surface area contributed by atoms with Crippen molar-refractivity contribution in [2.45, 2.75) is 50.3 Å². The van der Waals surface area contributed by atoms with Crippen LogP contribution in [0.5, 0.6) is 0 Å². The quantitative estimate of drug-likeness (QED) is 0.793. The van der Waals surface area contributed by atoms with E-state index >= 15 is 0 Å². The molecule has 0 aliphatic carbocycles. The van der Waals surface area contributed by atoms with Crippen LogP contribution in [-0.2, 0) is 9.53 Å². The molecule has 3 saturated heterocycles. The number of thioether (sulfide) groups is 1. The molecule has 0 N–H and O–H groups in total. The molecule has 0 radical (unpaired) electrons. The fourth-order valence-electron chi connectivity index (χ4n) is 3.95. The van der Waals surface area contributed by atoms with Gasteiger partial charge in [0.1, 0.15) is 0 Å². The highest BCUT2D eigenvalue weighted by Crippen LogP contribution is 2.28. The number of rotatable bonds is 4. The van der Waals surface area contributed by atoms with Crippen LogP contribution < -0.4 is 0 Å². The van der Waals surface area contributed by atoms with Gasteiger partial charge in [0, 0.05) is 50.7 Å². The van der Waals surface area contributed by atoms with Crippen LogP contribution >= 0.6 is 11.8 Å². The number of nitrogens with zero attached hydrogens (tertiary/aromatic N) is 2. The lowest BCUT2D eigenvalue weighted by molar-refractivity contribution is -0.143. The monoisotopic (exact) mass is 326 g/mol. The third-order valence-electron chi connectivity index (χ3n) is 5.31. The van der Waals surface area contributed by atoms with E-state index < -0.39 is 0 Å². The molecule has 1 unspecified atom stereocenters. The smallest absolute Gasteiger partial charge is 0.228 e. The molecule has 0 spiro atoms. The van der Waals surface area contributed by atoms with Crippen LogP contribution in [0.15, 0.2) is 0 Å². The van der Waals surface area contributed by atoms with Gasteiger partial charge in [0.05, 0.1) is 5.92 Å². The maximum absolute atomic E-state index is 12.8. The fourth-order valence-corrected chi connectivity index (χ4v) is 5.04. The van der Waals surface area contributed by atoms with Crippen molar-refractivity contribution in [1.82, 2.24) is 9.80 Å². The second kappa shape index (κ2) is 8.02. The van der Waals surface area contributed by atoms with E-state index in [4.69, 9.17) is 4.74 Å². The molecule has 3 fully saturated rings. The molecule has 0 aromatic rings. The predicted octanol–water partition coefficient (Wildman–Crippen LogP) is 2.23. The van der Waals surface area contributed by atoms with Crippen molar-refractivity contribution >= 4 is 17.7 Å². The van der Waals surface area contributed by atoms with Gasteiger partial charge in [-0.05, 0) is 31.4 Å². The van der Waals surface area contributed by atoms with Crippen LogP contribution in [0, 0.1) is 5.92 Å². The average molecular weight is 327 g/mol. The third-order valence-corrected chi connectivity index (χ3v) is 6.50. The lowest BCUT2D eigenvalue weighted by atomic mass is 9.93. The van der Waals surface area contributed by atoms with Gasteiger partial charge in [-0.25, -0.2) is 0 Å². The molecule has 4 nitrogen and oxygen atoms in total. The zero-order chi connectivity index (χ0) is 15.4. The van der Waals surface area contributed by atoms with E-state index in [0.29, 0.717) is 17.2 Å². The molecule has 5 heteroatoms. The summed E-state index contributed by atoms with van der Waals surface area (Å²) in [6, 6.07) is 0.658. The molecule has 126 valence electrons. The first kappa shape index (κ1) is 16.6. The van der Waals surface area contributed by atoms with Gasteiger partial charge in [0.25, 0.3) is 0 Å². The van der Waals surface area contributed by atoms with Gasteiger partial charge in [-0.15, -0.1) is 0 Å². The molecule has 0 bridgehead atoms. The Balaban J connectivity index is 1.47. The summed E-state index contributed by atoms with van der Waals surface area (Å²) in [6.07, 6.45) is 6.02. The van der Waals surface area contributed by atoms with Crippen molar-refractivity contribution in [3.8, 4) is 0 Å². The first-order valence-corrected chi connectivity index (χ1v) is 10.0. The first-order chi connectivity index (χ1) is 10.8. The first-order valence-electron chi connectivity index (χ1n) is 9.00. The standard InChI is InChI=1S/C17H30N2O2S/c1-2-22-16-5-3-4-8-18(13-16)17(20)14-11-19(12-14)15-6-9-21-10-7-15/h14-16H,2-13H2,1H3. The van der Waals surface area contributed by atoms with E-state index in [-0.39, 0.29) is 5.92 Å². The number of amides is 1. The summed E-state index contributed by atoms with van der Waals surface area (Å²) in [5.74, 6) is 1.84. The summed E-state index contributed by atoms with van der Waals surface area (Å²) in [4.78, 5) is 17.5. The van der Waals surface area contributed by atoms with Gasteiger partial charge >= 0.3 is 0 Å². The summed E-state index contributed by atoms with van der Waals surface area (Å²) in [6.45, 7) is 7.92. The second-order valence-corrected chi connectivity index (χ2v) is 8.43. The summed E-state index contributed by atoms with van der Waals surface area (Å²) in [5, 5.41) is 0.656. The number of hydrogen-bond donors (Lipinski definition) is 0. The van der Waals surface area contributed by atoms with E-state index in [1.165, 1.54) is 19.3 Å². The number of ether oxygens (including phenoxy) is 1. The molecular weight excluding hydrogens is 296 g/mol. The minimum Gasteiger partial charge on any atom is -0.381 e. The van der Waals surface area contributed by atoms with E-state index in [1.54, 1.807) is 0 Å². The van der Waals surface area contributed by atoms with Crippen molar-refractivity contribution in [3.05, 3.63) is 0 Å². The molecule has 3 rings (SSSR count). The lowest BCUT2D eigenvalue weighted by Gasteiger charge is -2.46. The van der Waals surface area contributed by atoms with Crippen molar-refractivity contribution in [1.29, 1.82) is 0 Å². The molecular formula is C17H30N2O2S. The highest BCUT2D eigenvalue weighted by molar-refractivity contribution is 7.99. The van der Waals surface area contributed by atoms with Gasteiger partial charge < -0.3 is 9.64 Å². The Morgan fingerprint density at radius 1 is 1.14 bits per heavy atom.